The van der Waals surface area contributed by atoms with Crippen molar-refractivity contribution in [1.82, 2.24) is 0 Å². The van der Waals surface area contributed by atoms with E-state index in [9.17, 15) is 0 Å². The summed E-state index contributed by atoms with van der Waals surface area (Å²) < 4.78 is 13.2. The van der Waals surface area contributed by atoms with Crippen LogP contribution in [0.15, 0.2) is 227 Å². The molecule has 0 amide bonds. The van der Waals surface area contributed by atoms with E-state index in [4.69, 9.17) is 8.83 Å². The van der Waals surface area contributed by atoms with E-state index in [1.54, 1.807) is 0 Å². The molecule has 0 spiro atoms. The van der Waals surface area contributed by atoms with Crippen molar-refractivity contribution in [2.75, 3.05) is 9.80 Å². The van der Waals surface area contributed by atoms with Crippen LogP contribution in [0, 0.1) is 0 Å². The number of fused-ring (bicyclic) bond motifs is 2. The van der Waals surface area contributed by atoms with Crippen LogP contribution in [0.2, 0.25) is 0 Å². The molecule has 0 radical (unpaired) electrons. The number of furan rings is 2. The van der Waals surface area contributed by atoms with Crippen molar-refractivity contribution in [2.24, 2.45) is 0 Å². The lowest BCUT2D eigenvalue weighted by molar-refractivity contribution is 0.588. The third-order valence-electron chi connectivity index (χ3n) is 10.5. The first-order chi connectivity index (χ1) is 28.7. The zero-order valence-electron chi connectivity index (χ0n) is 31.7. The Hall–Kier alpha value is -7.82. The normalized spacial score (nSPS) is 11.4. The maximum Gasteiger partial charge on any atom is 0.205 e. The smallest absolute Gasteiger partial charge is 0.205 e. The van der Waals surface area contributed by atoms with Crippen molar-refractivity contribution in [2.45, 2.75) is 0 Å². The van der Waals surface area contributed by atoms with Gasteiger partial charge in [-0.05, 0) is 70.4 Å². The van der Waals surface area contributed by atoms with Gasteiger partial charge in [-0.3, -0.25) is 9.80 Å². The second kappa shape index (κ2) is 15.4. The van der Waals surface area contributed by atoms with Crippen molar-refractivity contribution >= 4 is 68.2 Å². The maximum absolute atomic E-state index is 6.58. The quantitative estimate of drug-likeness (QED) is 0.130. The van der Waals surface area contributed by atoms with Crippen LogP contribution in [0.4, 0.5) is 34.5 Å². The van der Waals surface area contributed by atoms with Gasteiger partial charge in [-0.1, -0.05) is 170 Å². The predicted octanol–water partition coefficient (Wildman–Crippen LogP) is 15.6. The van der Waals surface area contributed by atoms with E-state index in [-0.39, 0.29) is 0 Å². The molecule has 0 bridgehead atoms. The minimum atomic E-state index is 0.758. The van der Waals surface area contributed by atoms with Gasteiger partial charge in [-0.15, -0.1) is 0 Å². The van der Waals surface area contributed by atoms with Crippen LogP contribution in [0.3, 0.4) is 0 Å². The fourth-order valence-electron chi connectivity index (χ4n) is 7.65. The van der Waals surface area contributed by atoms with Gasteiger partial charge in [0.15, 0.2) is 0 Å². The van der Waals surface area contributed by atoms with E-state index in [0.29, 0.717) is 0 Å². The minimum Gasteiger partial charge on any atom is -0.440 e. The molecule has 0 saturated heterocycles. The maximum atomic E-state index is 6.58. The highest BCUT2D eigenvalue weighted by Gasteiger charge is 2.20. The molecular formula is C54H38N2O2. The number of rotatable bonds is 10. The van der Waals surface area contributed by atoms with Crippen LogP contribution < -0.4 is 9.80 Å². The Labute approximate surface area is 337 Å². The zero-order valence-corrected chi connectivity index (χ0v) is 31.7. The second-order valence-corrected chi connectivity index (χ2v) is 14.2. The minimum absolute atomic E-state index is 0.758. The summed E-state index contributed by atoms with van der Waals surface area (Å²) in [6.07, 6.45) is 4.27. The van der Waals surface area contributed by atoms with Gasteiger partial charge < -0.3 is 8.83 Å². The van der Waals surface area contributed by atoms with Crippen LogP contribution in [-0.4, -0.2) is 0 Å². The van der Waals surface area contributed by atoms with E-state index >= 15 is 0 Å². The molecule has 0 aliphatic carbocycles. The van der Waals surface area contributed by atoms with Gasteiger partial charge in [0.2, 0.25) is 11.8 Å². The molecule has 0 aliphatic rings. The van der Waals surface area contributed by atoms with Gasteiger partial charge in [0.25, 0.3) is 0 Å². The Bertz CT molecular complexity index is 2780. The lowest BCUT2D eigenvalue weighted by atomic mass is 10.1. The Balaban J connectivity index is 0.865. The molecule has 276 valence electrons. The molecule has 0 atom stereocenters. The summed E-state index contributed by atoms with van der Waals surface area (Å²) in [5.41, 5.74) is 8.45. The lowest BCUT2D eigenvalue weighted by Gasteiger charge is -2.24. The van der Waals surface area contributed by atoms with Gasteiger partial charge in [-0.2, -0.15) is 0 Å². The molecule has 0 fully saturated rings. The number of para-hydroxylation sites is 2. The fraction of sp³-hybridized carbons (Fsp3) is 0. The third-order valence-corrected chi connectivity index (χ3v) is 10.5. The second-order valence-electron chi connectivity index (χ2n) is 14.2. The summed E-state index contributed by atoms with van der Waals surface area (Å²) in [6, 6.07) is 75.6. The van der Waals surface area contributed by atoms with E-state index < -0.39 is 0 Å². The largest absolute Gasteiger partial charge is 0.440 e. The van der Waals surface area contributed by atoms with Crippen LogP contribution in [-0.2, 0) is 0 Å². The van der Waals surface area contributed by atoms with Crippen molar-refractivity contribution in [3.63, 3.8) is 0 Å². The third kappa shape index (κ3) is 6.84. The molecule has 0 saturated carbocycles. The summed E-state index contributed by atoms with van der Waals surface area (Å²) in [5.74, 6) is 3.14. The fourth-order valence-corrected chi connectivity index (χ4v) is 7.65. The van der Waals surface area contributed by atoms with E-state index in [2.05, 4.69) is 216 Å². The topological polar surface area (TPSA) is 32.8 Å². The first-order valence-corrected chi connectivity index (χ1v) is 19.5. The van der Waals surface area contributed by atoms with Crippen LogP contribution in [0.1, 0.15) is 11.1 Å². The monoisotopic (exact) mass is 746 g/mol. The highest BCUT2D eigenvalue weighted by molar-refractivity contribution is 5.99. The molecule has 2 aromatic heterocycles. The van der Waals surface area contributed by atoms with E-state index in [0.717, 1.165) is 79.1 Å². The average Bonchev–Trinajstić information content (AvgIpc) is 3.99. The molecular weight excluding hydrogens is 709 g/mol. The van der Waals surface area contributed by atoms with Crippen molar-refractivity contribution in [3.8, 4) is 22.6 Å². The molecule has 8 aromatic carbocycles. The van der Waals surface area contributed by atoms with Crippen LogP contribution in [0.5, 0.6) is 0 Å². The Morgan fingerprint density at radius 1 is 0.310 bits per heavy atom. The molecule has 0 unspecified atom stereocenters. The van der Waals surface area contributed by atoms with Crippen molar-refractivity contribution in [1.29, 1.82) is 0 Å². The standard InChI is InChI=1S/C54H38N2O2/c1-3-17-45(18-4-1)55(49-23-11-15-41-13-7-9-21-47(41)49)53-37-35-51(57-53)43-31-27-39(28-32-43)25-26-40-29-33-44(34-30-40)52-36-38-54(58-52)56(46-19-5-2-6-20-46)50-24-12-16-42-14-8-10-22-48(42)50/h1-38H/b26-25+. The number of nitrogens with zero attached hydrogens (tertiary/aromatic N) is 2. The zero-order chi connectivity index (χ0) is 38.7. The lowest BCUT2D eigenvalue weighted by Crippen LogP contribution is -2.09. The first-order valence-electron chi connectivity index (χ1n) is 19.5. The SMILES string of the molecule is C(=C\c1ccc(-c2ccc(N(c3ccccc3)c3cccc4ccccc34)o2)cc1)/c1ccc(-c2ccc(N(c3ccccc3)c3cccc4ccccc34)o2)cc1. The molecule has 0 N–H and O–H groups in total. The van der Waals surface area contributed by atoms with E-state index in [1.165, 1.54) is 10.8 Å². The van der Waals surface area contributed by atoms with Gasteiger partial charge in [0.05, 0.1) is 11.4 Å². The molecule has 4 nitrogen and oxygen atoms in total. The highest BCUT2D eigenvalue weighted by atomic mass is 16.4. The van der Waals surface area contributed by atoms with Gasteiger partial charge in [0, 0.05) is 45.4 Å². The summed E-state index contributed by atoms with van der Waals surface area (Å²) >= 11 is 0. The summed E-state index contributed by atoms with van der Waals surface area (Å²) in [7, 11) is 0. The molecule has 0 aliphatic heterocycles. The van der Waals surface area contributed by atoms with Crippen LogP contribution >= 0.6 is 0 Å². The van der Waals surface area contributed by atoms with Gasteiger partial charge in [0.1, 0.15) is 11.5 Å². The summed E-state index contributed by atoms with van der Waals surface area (Å²) in [5, 5.41) is 4.69. The Morgan fingerprint density at radius 3 is 1.12 bits per heavy atom. The molecule has 10 aromatic rings. The molecule has 10 rings (SSSR count). The Kier molecular flexibility index (Phi) is 9.18. The summed E-state index contributed by atoms with van der Waals surface area (Å²) in [4.78, 5) is 4.37. The van der Waals surface area contributed by atoms with Crippen molar-refractivity contribution < 1.29 is 8.83 Å². The number of anilines is 6. The van der Waals surface area contributed by atoms with Crippen molar-refractivity contribution in [3.05, 3.63) is 230 Å². The molecule has 4 heteroatoms. The number of hydrogen-bond donors (Lipinski definition) is 0. The number of hydrogen-bond acceptors (Lipinski definition) is 4. The first kappa shape index (κ1) is 34.7. The Morgan fingerprint density at radius 2 is 0.690 bits per heavy atom. The highest BCUT2D eigenvalue weighted by Crippen LogP contribution is 2.42. The number of benzene rings is 8. The molecule has 58 heavy (non-hydrogen) atoms. The molecule has 2 heterocycles. The summed E-state index contributed by atoms with van der Waals surface area (Å²) in [6.45, 7) is 0. The predicted molar refractivity (Wildman–Crippen MR) is 242 cm³/mol. The van der Waals surface area contributed by atoms with Gasteiger partial charge in [-0.25, -0.2) is 0 Å². The van der Waals surface area contributed by atoms with Crippen LogP contribution in [0.25, 0.3) is 56.3 Å². The average molecular weight is 747 g/mol. The van der Waals surface area contributed by atoms with Gasteiger partial charge >= 0.3 is 0 Å². The van der Waals surface area contributed by atoms with E-state index in [1.807, 2.05) is 24.3 Å².